The molecule has 7 rings (SSSR count). The smallest absolute Gasteiger partial charge is 0.472 e. The van der Waals surface area contributed by atoms with Crippen LogP contribution < -0.4 is 20.4 Å². The van der Waals surface area contributed by atoms with Gasteiger partial charge in [0.25, 0.3) is 5.82 Å². The molecule has 14 nitrogen and oxygen atoms in total. The molecule has 15 heteroatoms. The molecule has 0 aliphatic carbocycles. The number of anilines is 2. The van der Waals surface area contributed by atoms with Gasteiger partial charge in [-0.25, -0.2) is 23.6 Å². The summed E-state index contributed by atoms with van der Waals surface area (Å²) in [4.78, 5) is 26.8. The van der Waals surface area contributed by atoms with E-state index in [2.05, 4.69) is 42.3 Å². The maximum absolute atomic E-state index is 11.1. The summed E-state index contributed by atoms with van der Waals surface area (Å²) in [5, 5.41) is 11.9. The van der Waals surface area contributed by atoms with Crippen LogP contribution in [-0.4, -0.2) is 30.1 Å². The third-order valence-corrected chi connectivity index (χ3v) is 8.69. The highest BCUT2D eigenvalue weighted by Gasteiger charge is 2.21. The minimum Gasteiger partial charge on any atom is -0.473 e. The second-order valence-corrected chi connectivity index (χ2v) is 13.3. The van der Waals surface area contributed by atoms with Crippen LogP contribution in [0.5, 0.6) is 5.88 Å². The Morgan fingerprint density at radius 2 is 1.36 bits per heavy atom. The zero-order valence-electron chi connectivity index (χ0n) is 28.3. The van der Waals surface area contributed by atoms with Crippen LogP contribution in [0.3, 0.4) is 0 Å². The lowest BCUT2D eigenvalue weighted by molar-refractivity contribution is -0.711. The number of hydrogen-bond acceptors (Lipinski definition) is 11. The van der Waals surface area contributed by atoms with Gasteiger partial charge in [0, 0.05) is 50.0 Å². The first-order valence-electron chi connectivity index (χ1n) is 16.5. The number of pyridine rings is 3. The second-order valence-electron chi connectivity index (χ2n) is 12.1. The highest BCUT2D eigenvalue weighted by atomic mass is 31.2. The van der Waals surface area contributed by atoms with Gasteiger partial charge in [-0.2, -0.15) is 0 Å². The number of phosphoric acid groups is 1. The predicted octanol–water partition coefficient (Wildman–Crippen LogP) is 6.10. The molecule has 0 spiro atoms. The molecule has 0 fully saturated rings. The molecular weight excluding hydrogens is 697 g/mol. The van der Waals surface area contributed by atoms with E-state index in [0.29, 0.717) is 60.5 Å². The predicted molar refractivity (Wildman–Crippen MR) is 194 cm³/mol. The molecule has 0 unspecified atom stereocenters. The van der Waals surface area contributed by atoms with E-state index in [-0.39, 0.29) is 5.82 Å². The minimum atomic E-state index is -4.66. The molecule has 268 valence electrons. The molecule has 5 heterocycles. The molecule has 0 amide bonds. The van der Waals surface area contributed by atoms with Crippen LogP contribution in [0.2, 0.25) is 0 Å². The quantitative estimate of drug-likeness (QED) is 0.0698. The van der Waals surface area contributed by atoms with Crippen molar-refractivity contribution < 1.29 is 37.2 Å². The maximum atomic E-state index is 11.1. The van der Waals surface area contributed by atoms with Gasteiger partial charge in [-0.3, -0.25) is 5.73 Å². The molecular formula is C38H35N7O7P+. The van der Waals surface area contributed by atoms with Gasteiger partial charge in [0.15, 0.2) is 11.5 Å². The number of nitrogens with one attached hydrogen (secondary N) is 1. The first kappa shape index (κ1) is 35.2. The lowest BCUT2D eigenvalue weighted by atomic mass is 10.1. The third-order valence-electron chi connectivity index (χ3n) is 8.24. The number of phosphoric ester groups is 1. The van der Waals surface area contributed by atoms with Crippen LogP contribution in [0.15, 0.2) is 131 Å². The molecule has 53 heavy (non-hydrogen) atoms. The molecule has 0 aliphatic heterocycles. The Labute approximate surface area is 304 Å². The van der Waals surface area contributed by atoms with E-state index in [0.717, 1.165) is 33.5 Å². The first-order valence-corrected chi connectivity index (χ1v) is 18.1. The largest absolute Gasteiger partial charge is 0.473 e. The van der Waals surface area contributed by atoms with Gasteiger partial charge in [0.05, 0.1) is 23.1 Å². The average molecular weight is 733 g/mol. The summed E-state index contributed by atoms with van der Waals surface area (Å²) in [5.74, 6) is 2.54. The summed E-state index contributed by atoms with van der Waals surface area (Å²) in [6, 6.07) is 32.8. The Kier molecular flexibility index (Phi) is 10.6. The molecule has 0 bridgehead atoms. The third kappa shape index (κ3) is 9.39. The highest BCUT2D eigenvalue weighted by molar-refractivity contribution is 7.46. The Bertz CT molecular complexity index is 2330. The van der Waals surface area contributed by atoms with E-state index in [1.54, 1.807) is 36.8 Å². The van der Waals surface area contributed by atoms with Crippen molar-refractivity contribution in [1.29, 1.82) is 0 Å². The maximum Gasteiger partial charge on any atom is 0.472 e. The van der Waals surface area contributed by atoms with Gasteiger partial charge >= 0.3 is 7.82 Å². The van der Waals surface area contributed by atoms with Crippen molar-refractivity contribution in [3.05, 3.63) is 155 Å². The fourth-order valence-corrected chi connectivity index (χ4v) is 5.81. The number of aromatic nitrogens is 5. The van der Waals surface area contributed by atoms with Gasteiger partial charge in [-0.15, -0.1) is 0 Å². The average Bonchev–Trinajstić information content (AvgIpc) is 3.84. The van der Waals surface area contributed by atoms with Crippen LogP contribution in [0.1, 0.15) is 33.6 Å². The molecule has 0 aliphatic rings. The van der Waals surface area contributed by atoms with E-state index in [1.807, 2.05) is 72.8 Å². The number of nitrogens with zero attached hydrogens (tertiary/aromatic N) is 5. The summed E-state index contributed by atoms with van der Waals surface area (Å²) in [7, 11) is -4.66. The number of benzene rings is 2. The lowest BCUT2D eigenvalue weighted by Crippen LogP contribution is -2.38. The summed E-state index contributed by atoms with van der Waals surface area (Å²) < 4.78 is 34.1. The van der Waals surface area contributed by atoms with E-state index >= 15 is 0 Å². The first-order chi connectivity index (χ1) is 25.8. The standard InChI is InChI=1S/C38H34N7O7P/c39-37-32(6-4-18-45(37)25-50-53(46,47)48)34-21-30(43-51-34)19-26-8-12-28(13-9-26)23-42-38-33(5-3-17-41-38)35-22-31(44-52-35)20-27-10-14-29(15-11-27)24-49-36-7-1-2-16-40-36/h1-18,21-22,39H,19-20,23-25H2,(H3,41,42,44,46,47,48)/p+1. The van der Waals surface area contributed by atoms with E-state index in [9.17, 15) is 4.57 Å². The Hall–Kier alpha value is -6.18. The summed E-state index contributed by atoms with van der Waals surface area (Å²) >= 11 is 0. The molecule has 2 aromatic carbocycles. The molecule has 0 saturated carbocycles. The van der Waals surface area contributed by atoms with Gasteiger partial charge in [-0.05, 0) is 52.6 Å². The topological polar surface area (TPSA) is 196 Å². The fourth-order valence-electron chi connectivity index (χ4n) is 5.53. The highest BCUT2D eigenvalue weighted by Crippen LogP contribution is 2.36. The summed E-state index contributed by atoms with van der Waals surface area (Å²) in [6.45, 7) is 0.556. The normalized spacial score (nSPS) is 11.4. The van der Waals surface area contributed by atoms with Crippen LogP contribution in [0.25, 0.3) is 22.6 Å². The fraction of sp³-hybridized carbons (Fsp3) is 0.132. The molecule has 0 saturated heterocycles. The SMILES string of the molecule is Nc1c(-c2cc(Cc3ccc(CNc4ncccc4-c4cc(Cc5ccc(COc6ccccn6)cc5)no4)cc3)no2)ccc[n+]1COP(=O)(O)O. The Balaban J connectivity index is 0.933. The Morgan fingerprint density at radius 1 is 0.736 bits per heavy atom. The second kappa shape index (κ2) is 16.0. The number of nitrogen functional groups attached to an aromatic ring is 1. The molecule has 5 N–H and O–H groups in total. The van der Waals surface area contributed by atoms with Crippen molar-refractivity contribution >= 4 is 19.5 Å². The summed E-state index contributed by atoms with van der Waals surface area (Å²) in [6.07, 6.45) is 6.13. The van der Waals surface area contributed by atoms with Gasteiger partial charge in [0.2, 0.25) is 12.6 Å². The lowest BCUT2D eigenvalue weighted by Gasteiger charge is -2.09. The van der Waals surface area contributed by atoms with Crippen LogP contribution in [-0.2, 0) is 41.8 Å². The minimum absolute atomic E-state index is 0.214. The van der Waals surface area contributed by atoms with Gasteiger partial charge < -0.3 is 28.9 Å². The van der Waals surface area contributed by atoms with Crippen molar-refractivity contribution in [1.82, 2.24) is 20.3 Å². The zero-order valence-corrected chi connectivity index (χ0v) is 29.2. The van der Waals surface area contributed by atoms with Crippen LogP contribution >= 0.6 is 7.82 Å². The van der Waals surface area contributed by atoms with Crippen molar-refractivity contribution in [3.8, 4) is 28.5 Å². The number of rotatable bonds is 15. The van der Waals surface area contributed by atoms with Crippen LogP contribution in [0.4, 0.5) is 11.6 Å². The number of nitrogens with two attached hydrogens (primary N) is 1. The van der Waals surface area contributed by atoms with Gasteiger partial charge in [-0.1, -0.05) is 64.9 Å². The Morgan fingerprint density at radius 3 is 2.02 bits per heavy atom. The zero-order chi connectivity index (χ0) is 36.6. The number of hydrogen-bond donors (Lipinski definition) is 4. The van der Waals surface area contributed by atoms with Crippen LogP contribution in [0, 0.1) is 0 Å². The van der Waals surface area contributed by atoms with E-state index in [1.165, 1.54) is 4.57 Å². The molecule has 0 radical (unpaired) electrons. The molecule has 5 aromatic heterocycles. The molecule has 0 atom stereocenters. The van der Waals surface area contributed by atoms with Crippen molar-refractivity contribution in [3.63, 3.8) is 0 Å². The number of ether oxygens (including phenoxy) is 1. The van der Waals surface area contributed by atoms with E-state index in [4.69, 9.17) is 29.3 Å². The van der Waals surface area contributed by atoms with Crippen molar-refractivity contribution in [2.75, 3.05) is 11.1 Å². The summed E-state index contributed by atoms with van der Waals surface area (Å²) in [5.41, 5.74) is 13.3. The van der Waals surface area contributed by atoms with Crippen molar-refractivity contribution in [2.45, 2.75) is 32.7 Å². The molecule has 7 aromatic rings. The monoisotopic (exact) mass is 732 g/mol. The van der Waals surface area contributed by atoms with E-state index < -0.39 is 14.6 Å². The van der Waals surface area contributed by atoms with Gasteiger partial charge in [0.1, 0.15) is 18.0 Å². The van der Waals surface area contributed by atoms with Crippen molar-refractivity contribution in [2.24, 2.45) is 0 Å².